The van der Waals surface area contributed by atoms with Crippen LogP contribution < -0.4 is 0 Å². The van der Waals surface area contributed by atoms with Gasteiger partial charge in [-0.1, -0.05) is 18.5 Å². The van der Waals surface area contributed by atoms with Crippen LogP contribution in [0.1, 0.15) is 30.1 Å². The van der Waals surface area contributed by atoms with Gasteiger partial charge in [-0.05, 0) is 37.6 Å². The molecule has 1 aromatic carbocycles. The van der Waals surface area contributed by atoms with Gasteiger partial charge < -0.3 is 9.80 Å². The number of nitrogens with zero attached hydrogens (tertiary/aromatic N) is 2. The predicted molar refractivity (Wildman–Crippen MR) is 78.6 cm³/mol. The normalized spacial score (nSPS) is 17.2. The van der Waals surface area contributed by atoms with Crippen LogP contribution in [-0.2, 0) is 0 Å². The van der Waals surface area contributed by atoms with Crippen LogP contribution >= 0.6 is 11.6 Å². The summed E-state index contributed by atoms with van der Waals surface area (Å²) >= 11 is 5.96. The number of rotatable bonds is 3. The molecule has 2 rings (SSSR count). The second-order valence-electron chi connectivity index (χ2n) is 5.21. The van der Waals surface area contributed by atoms with Gasteiger partial charge in [0.15, 0.2) is 0 Å². The van der Waals surface area contributed by atoms with E-state index in [2.05, 4.69) is 11.8 Å². The Hall–Kier alpha value is -1.13. The molecule has 0 aromatic heterocycles. The van der Waals surface area contributed by atoms with Crippen LogP contribution in [0, 0.1) is 5.82 Å². The average Bonchev–Trinajstić information content (AvgIpc) is 2.46. The van der Waals surface area contributed by atoms with Crippen molar-refractivity contribution in [3.05, 3.63) is 34.6 Å². The molecular weight excluding hydrogens is 279 g/mol. The lowest BCUT2D eigenvalue weighted by Gasteiger charge is -2.36. The van der Waals surface area contributed by atoms with E-state index in [9.17, 15) is 9.18 Å². The van der Waals surface area contributed by atoms with Crippen molar-refractivity contribution in [2.45, 2.75) is 25.8 Å². The summed E-state index contributed by atoms with van der Waals surface area (Å²) in [7, 11) is 1.80. The minimum absolute atomic E-state index is 0.134. The summed E-state index contributed by atoms with van der Waals surface area (Å²) in [6.07, 6.45) is 1.93. The molecule has 110 valence electrons. The van der Waals surface area contributed by atoms with Crippen LogP contribution in [0.3, 0.4) is 0 Å². The summed E-state index contributed by atoms with van der Waals surface area (Å²) in [5.74, 6) is -0.560. The molecule has 0 N–H and O–H groups in total. The first-order valence-electron chi connectivity index (χ1n) is 6.97. The first kappa shape index (κ1) is 15.3. The third kappa shape index (κ3) is 3.30. The highest BCUT2D eigenvalue weighted by atomic mass is 35.5. The fourth-order valence-electron chi connectivity index (χ4n) is 2.64. The van der Waals surface area contributed by atoms with Gasteiger partial charge in [0.25, 0.3) is 5.91 Å². The third-order valence-electron chi connectivity index (χ3n) is 4.03. The van der Waals surface area contributed by atoms with Crippen molar-refractivity contribution in [2.24, 2.45) is 0 Å². The second kappa shape index (κ2) is 6.55. The summed E-state index contributed by atoms with van der Waals surface area (Å²) in [5, 5.41) is 0.174. The molecule has 1 aliphatic rings. The van der Waals surface area contributed by atoms with Gasteiger partial charge in [-0.2, -0.15) is 0 Å². The van der Waals surface area contributed by atoms with E-state index in [0.717, 1.165) is 32.5 Å². The minimum atomic E-state index is -0.426. The molecule has 0 spiro atoms. The molecule has 1 amide bonds. The van der Waals surface area contributed by atoms with Crippen molar-refractivity contribution in [2.75, 3.05) is 26.7 Å². The molecule has 1 aliphatic heterocycles. The summed E-state index contributed by atoms with van der Waals surface area (Å²) < 4.78 is 13.0. The van der Waals surface area contributed by atoms with Crippen LogP contribution in [0.15, 0.2) is 18.2 Å². The van der Waals surface area contributed by atoms with E-state index >= 15 is 0 Å². The zero-order valence-electron chi connectivity index (χ0n) is 11.9. The number of likely N-dealkylation sites (tertiary alicyclic amines) is 1. The van der Waals surface area contributed by atoms with Crippen molar-refractivity contribution >= 4 is 17.5 Å². The van der Waals surface area contributed by atoms with Gasteiger partial charge in [0, 0.05) is 26.2 Å². The van der Waals surface area contributed by atoms with Crippen molar-refractivity contribution < 1.29 is 9.18 Å². The van der Waals surface area contributed by atoms with Crippen LogP contribution in [0.4, 0.5) is 4.39 Å². The molecule has 5 heteroatoms. The first-order valence-corrected chi connectivity index (χ1v) is 7.35. The summed E-state index contributed by atoms with van der Waals surface area (Å²) in [4.78, 5) is 16.5. The Morgan fingerprint density at radius 3 is 2.65 bits per heavy atom. The van der Waals surface area contributed by atoms with Gasteiger partial charge in [0.05, 0.1) is 10.6 Å². The summed E-state index contributed by atoms with van der Waals surface area (Å²) in [5.41, 5.74) is 0.369. The van der Waals surface area contributed by atoms with Crippen molar-refractivity contribution in [1.29, 1.82) is 0 Å². The number of benzene rings is 1. The van der Waals surface area contributed by atoms with Crippen LogP contribution in [-0.4, -0.2) is 48.4 Å². The zero-order chi connectivity index (χ0) is 14.7. The van der Waals surface area contributed by atoms with Gasteiger partial charge in [-0.3, -0.25) is 4.79 Å². The second-order valence-corrected chi connectivity index (χ2v) is 5.61. The SMILES string of the molecule is CCN1CCC(N(C)C(=O)c2ccc(F)cc2Cl)CC1. The largest absolute Gasteiger partial charge is 0.339 e. The molecule has 20 heavy (non-hydrogen) atoms. The standard InChI is InChI=1S/C15H20ClFN2O/c1-3-19-8-6-12(7-9-19)18(2)15(20)13-5-4-11(17)10-14(13)16/h4-5,10,12H,3,6-9H2,1-2H3. The van der Waals surface area contributed by atoms with Crippen LogP contribution in [0.5, 0.6) is 0 Å². The van der Waals surface area contributed by atoms with E-state index in [4.69, 9.17) is 11.6 Å². The maximum Gasteiger partial charge on any atom is 0.255 e. The predicted octanol–water partition coefficient (Wildman–Crippen LogP) is 3.04. The molecule has 1 fully saturated rings. The minimum Gasteiger partial charge on any atom is -0.339 e. The molecule has 0 saturated carbocycles. The van der Waals surface area contributed by atoms with E-state index in [0.29, 0.717) is 5.56 Å². The lowest BCUT2D eigenvalue weighted by atomic mass is 10.0. The number of hydrogen-bond acceptors (Lipinski definition) is 2. The monoisotopic (exact) mass is 298 g/mol. The number of amides is 1. The molecule has 0 atom stereocenters. The van der Waals surface area contributed by atoms with E-state index in [1.54, 1.807) is 11.9 Å². The highest BCUT2D eigenvalue weighted by Crippen LogP contribution is 2.22. The number of halogens is 2. The molecule has 0 unspecified atom stereocenters. The van der Waals surface area contributed by atoms with Crippen LogP contribution in [0.2, 0.25) is 5.02 Å². The van der Waals surface area contributed by atoms with E-state index < -0.39 is 5.82 Å². The van der Waals surface area contributed by atoms with Gasteiger partial charge in [-0.25, -0.2) is 4.39 Å². The number of carbonyl (C=O) groups excluding carboxylic acids is 1. The highest BCUT2D eigenvalue weighted by molar-refractivity contribution is 6.33. The average molecular weight is 299 g/mol. The topological polar surface area (TPSA) is 23.6 Å². The number of piperidine rings is 1. The fraction of sp³-hybridized carbons (Fsp3) is 0.533. The van der Waals surface area contributed by atoms with Crippen molar-refractivity contribution in [3.8, 4) is 0 Å². The number of carbonyl (C=O) groups is 1. The molecule has 0 aliphatic carbocycles. The summed E-state index contributed by atoms with van der Waals surface area (Å²) in [6.45, 7) is 5.22. The lowest BCUT2D eigenvalue weighted by Crippen LogP contribution is -2.45. The van der Waals surface area contributed by atoms with Crippen LogP contribution in [0.25, 0.3) is 0 Å². The Morgan fingerprint density at radius 1 is 1.45 bits per heavy atom. The molecule has 1 aromatic rings. The molecule has 0 bridgehead atoms. The van der Waals surface area contributed by atoms with Gasteiger partial charge in [0.1, 0.15) is 5.82 Å². The smallest absolute Gasteiger partial charge is 0.255 e. The molecule has 0 radical (unpaired) electrons. The zero-order valence-corrected chi connectivity index (χ0v) is 12.7. The summed E-state index contributed by atoms with van der Waals surface area (Å²) in [6, 6.07) is 4.14. The molecule has 1 saturated heterocycles. The lowest BCUT2D eigenvalue weighted by molar-refractivity contribution is 0.0647. The van der Waals surface area contributed by atoms with E-state index in [1.807, 2.05) is 0 Å². The Morgan fingerprint density at radius 2 is 2.10 bits per heavy atom. The first-order chi connectivity index (χ1) is 9.52. The molecule has 3 nitrogen and oxygen atoms in total. The van der Waals surface area contributed by atoms with E-state index in [1.165, 1.54) is 18.2 Å². The van der Waals surface area contributed by atoms with E-state index in [-0.39, 0.29) is 17.0 Å². The van der Waals surface area contributed by atoms with Gasteiger partial charge in [-0.15, -0.1) is 0 Å². The molecular formula is C15H20ClFN2O. The fourth-order valence-corrected chi connectivity index (χ4v) is 2.89. The van der Waals surface area contributed by atoms with Crippen molar-refractivity contribution in [3.63, 3.8) is 0 Å². The Labute approximate surface area is 124 Å². The van der Waals surface area contributed by atoms with Gasteiger partial charge in [0.2, 0.25) is 0 Å². The quantitative estimate of drug-likeness (QED) is 0.856. The Kier molecular flexibility index (Phi) is 5.00. The highest BCUT2D eigenvalue weighted by Gasteiger charge is 2.26. The maximum absolute atomic E-state index is 13.0. The Balaban J connectivity index is 2.05. The Bertz CT molecular complexity index is 487. The maximum atomic E-state index is 13.0. The van der Waals surface area contributed by atoms with Gasteiger partial charge >= 0.3 is 0 Å². The number of hydrogen-bond donors (Lipinski definition) is 0. The third-order valence-corrected chi connectivity index (χ3v) is 4.35. The van der Waals surface area contributed by atoms with Crippen molar-refractivity contribution in [1.82, 2.24) is 9.80 Å². The molecule has 1 heterocycles.